The summed E-state index contributed by atoms with van der Waals surface area (Å²) in [6, 6.07) is 7.00. The summed E-state index contributed by atoms with van der Waals surface area (Å²) in [6.07, 6.45) is -3.17. The Balaban J connectivity index is 1.39. The predicted octanol–water partition coefficient (Wildman–Crippen LogP) is 2.24. The van der Waals surface area contributed by atoms with E-state index in [2.05, 4.69) is 25.1 Å². The van der Waals surface area contributed by atoms with Crippen molar-refractivity contribution in [3.05, 3.63) is 53.7 Å². The number of morpholine rings is 1. The second-order valence-electron chi connectivity index (χ2n) is 7.47. The average molecular weight is 478 g/mol. The number of rotatable bonds is 6. The van der Waals surface area contributed by atoms with E-state index in [1.54, 1.807) is 21.8 Å². The van der Waals surface area contributed by atoms with Gasteiger partial charge < -0.3 is 19.5 Å². The lowest BCUT2D eigenvalue weighted by atomic mass is 10.1. The molecule has 34 heavy (non-hydrogen) atoms. The molecule has 4 rings (SSSR count). The molecule has 0 bridgehead atoms. The highest BCUT2D eigenvalue weighted by Crippen LogP contribution is 2.29. The fraction of sp³-hybridized carbons (Fsp3) is 0.381. The fourth-order valence-electron chi connectivity index (χ4n) is 3.54. The van der Waals surface area contributed by atoms with Crippen molar-refractivity contribution in [2.24, 2.45) is 0 Å². The molecule has 180 valence electrons. The maximum atomic E-state index is 13.0. The Hall–Kier alpha value is -3.74. The van der Waals surface area contributed by atoms with E-state index in [0.29, 0.717) is 25.4 Å². The third-order valence-electron chi connectivity index (χ3n) is 5.30. The van der Waals surface area contributed by atoms with E-state index in [1.165, 1.54) is 24.3 Å². The molecule has 1 atom stereocenters. The number of nitrogens with zero attached hydrogens (tertiary/aromatic N) is 5. The highest BCUT2D eigenvalue weighted by atomic mass is 19.4. The summed E-state index contributed by atoms with van der Waals surface area (Å²) >= 11 is 0. The van der Waals surface area contributed by atoms with Gasteiger partial charge in [-0.05, 0) is 25.1 Å². The van der Waals surface area contributed by atoms with Gasteiger partial charge in [-0.3, -0.25) is 14.3 Å². The van der Waals surface area contributed by atoms with Gasteiger partial charge in [-0.1, -0.05) is 17.3 Å². The van der Waals surface area contributed by atoms with Gasteiger partial charge in [0.25, 0.3) is 11.8 Å². The van der Waals surface area contributed by atoms with E-state index < -0.39 is 18.0 Å². The van der Waals surface area contributed by atoms with Crippen molar-refractivity contribution in [1.29, 1.82) is 0 Å². The number of halogens is 3. The van der Waals surface area contributed by atoms with E-state index in [-0.39, 0.29) is 42.1 Å². The van der Waals surface area contributed by atoms with Crippen LogP contribution in [0.4, 0.5) is 13.2 Å². The van der Waals surface area contributed by atoms with Crippen LogP contribution in [0.3, 0.4) is 0 Å². The van der Waals surface area contributed by atoms with Gasteiger partial charge in [0, 0.05) is 37.0 Å². The van der Waals surface area contributed by atoms with Crippen molar-refractivity contribution in [1.82, 2.24) is 30.1 Å². The molecule has 1 saturated heterocycles. The molecule has 0 aliphatic carbocycles. The first-order valence-electron chi connectivity index (χ1n) is 10.5. The second-order valence-corrected chi connectivity index (χ2v) is 7.47. The zero-order chi connectivity index (χ0) is 24.3. The Labute approximate surface area is 191 Å². The number of hydrogen-bond acceptors (Lipinski definition) is 7. The monoisotopic (exact) mass is 478 g/mol. The summed E-state index contributed by atoms with van der Waals surface area (Å²) in [7, 11) is 0. The lowest BCUT2D eigenvalue weighted by Gasteiger charge is -2.35. The Morgan fingerprint density at radius 2 is 1.97 bits per heavy atom. The molecule has 2 amide bonds. The highest BCUT2D eigenvalue weighted by Gasteiger charge is 2.38. The van der Waals surface area contributed by atoms with Gasteiger partial charge in [0.1, 0.15) is 5.69 Å². The molecule has 13 heteroatoms. The van der Waals surface area contributed by atoms with Gasteiger partial charge >= 0.3 is 12.1 Å². The molecule has 1 aromatic carbocycles. The molecule has 1 fully saturated rings. The Morgan fingerprint density at radius 1 is 1.21 bits per heavy atom. The van der Waals surface area contributed by atoms with E-state index in [9.17, 15) is 22.8 Å². The van der Waals surface area contributed by atoms with Crippen LogP contribution < -0.4 is 5.32 Å². The standard InChI is InChI=1S/C21H21F3N6O4/c1-2-30-16(7-8-26-30)19(32)29-9-10-33-12-15(29)11-25-18(31)14-5-3-13(4-6-14)17-27-20(34-28-17)21(22,23)24/h3-8,15H,2,9-12H2,1H3,(H,25,31)/t15-/m0/s1. The molecule has 0 saturated carbocycles. The molecule has 1 N–H and O–H groups in total. The van der Waals surface area contributed by atoms with Crippen molar-refractivity contribution in [2.45, 2.75) is 25.7 Å². The number of alkyl halides is 3. The summed E-state index contributed by atoms with van der Waals surface area (Å²) in [6.45, 7) is 3.64. The molecular weight excluding hydrogens is 457 g/mol. The molecule has 10 nitrogen and oxygen atoms in total. The van der Waals surface area contributed by atoms with Gasteiger partial charge in [-0.15, -0.1) is 0 Å². The first-order valence-corrected chi connectivity index (χ1v) is 10.5. The van der Waals surface area contributed by atoms with Crippen LogP contribution in [0.25, 0.3) is 11.4 Å². The van der Waals surface area contributed by atoms with Crippen LogP contribution in [-0.4, -0.2) is 69.0 Å². The van der Waals surface area contributed by atoms with Crippen LogP contribution >= 0.6 is 0 Å². The van der Waals surface area contributed by atoms with Crippen LogP contribution in [0.2, 0.25) is 0 Å². The lowest BCUT2D eigenvalue weighted by Crippen LogP contribution is -2.53. The minimum Gasteiger partial charge on any atom is -0.377 e. The lowest BCUT2D eigenvalue weighted by molar-refractivity contribution is -0.159. The van der Waals surface area contributed by atoms with E-state index in [1.807, 2.05) is 6.92 Å². The summed E-state index contributed by atoms with van der Waals surface area (Å²) in [5.41, 5.74) is 1.01. The summed E-state index contributed by atoms with van der Waals surface area (Å²) in [5, 5.41) is 10.2. The van der Waals surface area contributed by atoms with Crippen molar-refractivity contribution < 1.29 is 32.0 Å². The number of carbonyl (C=O) groups excluding carboxylic acids is 2. The zero-order valence-corrected chi connectivity index (χ0v) is 18.1. The molecule has 0 spiro atoms. The van der Waals surface area contributed by atoms with Crippen LogP contribution in [-0.2, 0) is 17.5 Å². The summed E-state index contributed by atoms with van der Waals surface area (Å²) < 4.78 is 49.2. The maximum Gasteiger partial charge on any atom is 0.471 e. The number of aromatic nitrogens is 4. The predicted molar refractivity (Wildman–Crippen MR) is 111 cm³/mol. The SMILES string of the molecule is CCn1nccc1C(=O)N1CCOC[C@@H]1CNC(=O)c1ccc(-c2noc(C(F)(F)F)n2)cc1. The molecular formula is C21H21F3N6O4. The Kier molecular flexibility index (Phi) is 6.63. The largest absolute Gasteiger partial charge is 0.471 e. The third kappa shape index (κ3) is 4.93. The summed E-state index contributed by atoms with van der Waals surface area (Å²) in [4.78, 5) is 30.6. The number of nitrogens with one attached hydrogen (secondary N) is 1. The zero-order valence-electron chi connectivity index (χ0n) is 18.1. The summed E-state index contributed by atoms with van der Waals surface area (Å²) in [5.74, 6) is -2.28. The first-order chi connectivity index (χ1) is 16.3. The smallest absolute Gasteiger partial charge is 0.377 e. The van der Waals surface area contributed by atoms with Crippen LogP contribution in [0, 0.1) is 0 Å². The number of aryl methyl sites for hydroxylation is 1. The number of benzene rings is 1. The number of ether oxygens (including phenoxy) is 1. The highest BCUT2D eigenvalue weighted by molar-refractivity contribution is 5.95. The van der Waals surface area contributed by atoms with Crippen molar-refractivity contribution >= 4 is 11.8 Å². The third-order valence-corrected chi connectivity index (χ3v) is 5.30. The van der Waals surface area contributed by atoms with Gasteiger partial charge in [0.2, 0.25) is 5.82 Å². The molecule has 0 unspecified atom stereocenters. The topological polar surface area (TPSA) is 115 Å². The Bertz CT molecular complexity index is 1160. The Morgan fingerprint density at radius 3 is 2.65 bits per heavy atom. The van der Waals surface area contributed by atoms with E-state index in [0.717, 1.165) is 0 Å². The van der Waals surface area contributed by atoms with Crippen molar-refractivity contribution in [3.63, 3.8) is 0 Å². The quantitative estimate of drug-likeness (QED) is 0.578. The molecule has 1 aliphatic rings. The van der Waals surface area contributed by atoms with Crippen LogP contribution in [0.1, 0.15) is 33.7 Å². The number of hydrogen-bond donors (Lipinski definition) is 1. The minimum absolute atomic E-state index is 0.159. The van der Waals surface area contributed by atoms with E-state index >= 15 is 0 Å². The van der Waals surface area contributed by atoms with Gasteiger partial charge in [-0.25, -0.2) is 0 Å². The number of amides is 2. The minimum atomic E-state index is -4.74. The maximum absolute atomic E-state index is 13.0. The molecule has 3 aromatic rings. The molecule has 2 aromatic heterocycles. The van der Waals surface area contributed by atoms with Gasteiger partial charge in [-0.2, -0.15) is 23.3 Å². The average Bonchev–Trinajstić information content (AvgIpc) is 3.52. The normalized spacial score (nSPS) is 16.5. The molecule has 3 heterocycles. The van der Waals surface area contributed by atoms with Crippen LogP contribution in [0.5, 0.6) is 0 Å². The van der Waals surface area contributed by atoms with E-state index in [4.69, 9.17) is 4.74 Å². The first kappa shape index (κ1) is 23.4. The molecule has 0 radical (unpaired) electrons. The van der Waals surface area contributed by atoms with Crippen LogP contribution in [0.15, 0.2) is 41.1 Å². The second kappa shape index (κ2) is 9.63. The molecule has 1 aliphatic heterocycles. The van der Waals surface area contributed by atoms with Crippen molar-refractivity contribution in [3.8, 4) is 11.4 Å². The number of carbonyl (C=O) groups is 2. The van der Waals surface area contributed by atoms with Gasteiger partial charge in [0.15, 0.2) is 0 Å². The van der Waals surface area contributed by atoms with Gasteiger partial charge in [0.05, 0.1) is 19.3 Å². The van der Waals surface area contributed by atoms with Crippen molar-refractivity contribution in [2.75, 3.05) is 26.3 Å². The fourth-order valence-corrected chi connectivity index (χ4v) is 3.54.